The predicted octanol–water partition coefficient (Wildman–Crippen LogP) is 4.14. The van der Waals surface area contributed by atoms with E-state index in [1.807, 2.05) is 0 Å². The summed E-state index contributed by atoms with van der Waals surface area (Å²) in [5.74, 6) is 0. The first-order valence-electron chi connectivity index (χ1n) is 5.25. The number of hydrogen-bond donors (Lipinski definition) is 0. The van der Waals surface area contributed by atoms with Crippen LogP contribution in [0.1, 0.15) is 26.6 Å². The van der Waals surface area contributed by atoms with E-state index in [9.17, 15) is 18.0 Å². The van der Waals surface area contributed by atoms with E-state index >= 15 is 0 Å². The number of halogens is 3. The average Bonchev–Trinajstić information content (AvgIpc) is 2.84. The van der Waals surface area contributed by atoms with E-state index in [0.29, 0.717) is 22.6 Å². The zero-order valence-electron chi connectivity index (χ0n) is 9.52. The number of thiazole rings is 1. The fraction of sp³-hybridized carbons (Fsp3) is 0.0769. The van der Waals surface area contributed by atoms with Crippen LogP contribution in [-0.2, 0) is 6.18 Å². The zero-order valence-corrected chi connectivity index (χ0v) is 10.3. The summed E-state index contributed by atoms with van der Waals surface area (Å²) in [6.07, 6.45) is -0.621. The summed E-state index contributed by atoms with van der Waals surface area (Å²) in [6, 6.07) is 5.00. The highest BCUT2D eigenvalue weighted by Crippen LogP contribution is 2.29. The lowest BCUT2D eigenvalue weighted by Gasteiger charge is -2.06. The van der Waals surface area contributed by atoms with Gasteiger partial charge < -0.3 is 0 Å². The van der Waals surface area contributed by atoms with Crippen LogP contribution < -0.4 is 0 Å². The molecular formula is C13H8F3NOS. The maximum atomic E-state index is 12.5. The van der Waals surface area contributed by atoms with Gasteiger partial charge in [0, 0.05) is 5.38 Å². The molecule has 0 radical (unpaired) electrons. The molecule has 0 saturated heterocycles. The maximum Gasteiger partial charge on any atom is 0.416 e. The third-order valence-corrected chi connectivity index (χ3v) is 3.12. The molecule has 0 fully saturated rings. The molecule has 0 N–H and O–H groups in total. The summed E-state index contributed by atoms with van der Waals surface area (Å²) in [5.41, 5.74) is 0.0498. The molecule has 2 rings (SSSR count). The summed E-state index contributed by atoms with van der Waals surface area (Å²) in [5, 5.41) is 2.15. The molecule has 0 aliphatic rings. The molecule has 1 aromatic heterocycles. The molecule has 0 spiro atoms. The molecule has 2 nitrogen and oxygen atoms in total. The lowest BCUT2D eigenvalue weighted by atomic mass is 10.1. The SMILES string of the molecule is O=Cc1csc(C=Cc2cccc(C(F)(F)F)c2)n1. The molecule has 1 aromatic carbocycles. The van der Waals surface area contributed by atoms with Crippen molar-refractivity contribution < 1.29 is 18.0 Å². The number of aldehydes is 1. The molecular weight excluding hydrogens is 275 g/mol. The standard InChI is InChI=1S/C13H8F3NOS/c14-13(15,16)10-3-1-2-9(6-10)4-5-12-17-11(7-18)8-19-12/h1-8H. The summed E-state index contributed by atoms with van der Waals surface area (Å²) in [7, 11) is 0. The number of rotatable bonds is 3. The Labute approximate surface area is 111 Å². The summed E-state index contributed by atoms with van der Waals surface area (Å²) >= 11 is 1.25. The number of hydrogen-bond acceptors (Lipinski definition) is 3. The minimum Gasteiger partial charge on any atom is -0.296 e. The molecule has 98 valence electrons. The highest BCUT2D eigenvalue weighted by atomic mass is 32.1. The first-order valence-corrected chi connectivity index (χ1v) is 6.13. The maximum absolute atomic E-state index is 12.5. The Hall–Kier alpha value is -1.95. The smallest absolute Gasteiger partial charge is 0.296 e. The van der Waals surface area contributed by atoms with Gasteiger partial charge in [-0.15, -0.1) is 11.3 Å². The van der Waals surface area contributed by atoms with Gasteiger partial charge in [0.25, 0.3) is 0 Å². The molecule has 0 atom stereocenters. The average molecular weight is 283 g/mol. The third kappa shape index (κ3) is 3.51. The van der Waals surface area contributed by atoms with Crippen LogP contribution in [0.25, 0.3) is 12.2 Å². The Kier molecular flexibility index (Phi) is 3.80. The van der Waals surface area contributed by atoms with Gasteiger partial charge >= 0.3 is 6.18 Å². The Bertz CT molecular complexity index is 616. The fourth-order valence-electron chi connectivity index (χ4n) is 1.42. The van der Waals surface area contributed by atoms with Crippen LogP contribution in [0.4, 0.5) is 13.2 Å². The van der Waals surface area contributed by atoms with Gasteiger partial charge in [-0.3, -0.25) is 4.79 Å². The van der Waals surface area contributed by atoms with E-state index in [0.717, 1.165) is 12.1 Å². The van der Waals surface area contributed by atoms with Crippen molar-refractivity contribution in [1.29, 1.82) is 0 Å². The summed E-state index contributed by atoms with van der Waals surface area (Å²) < 4.78 is 37.5. The second kappa shape index (κ2) is 5.36. The Morgan fingerprint density at radius 1 is 1.21 bits per heavy atom. The second-order valence-electron chi connectivity index (χ2n) is 3.69. The van der Waals surface area contributed by atoms with E-state index in [1.165, 1.54) is 23.5 Å². The summed E-state index contributed by atoms with van der Waals surface area (Å²) in [4.78, 5) is 14.4. The highest BCUT2D eigenvalue weighted by Gasteiger charge is 2.30. The summed E-state index contributed by atoms with van der Waals surface area (Å²) in [6.45, 7) is 0. The molecule has 0 bridgehead atoms. The highest BCUT2D eigenvalue weighted by molar-refractivity contribution is 7.10. The molecule has 1 heterocycles. The van der Waals surface area contributed by atoms with Crippen molar-refractivity contribution in [1.82, 2.24) is 4.98 Å². The van der Waals surface area contributed by atoms with Crippen LogP contribution in [0.3, 0.4) is 0 Å². The van der Waals surface area contributed by atoms with Crippen molar-refractivity contribution >= 4 is 29.8 Å². The van der Waals surface area contributed by atoms with E-state index in [-0.39, 0.29) is 0 Å². The van der Waals surface area contributed by atoms with E-state index in [1.54, 1.807) is 17.5 Å². The first-order chi connectivity index (χ1) is 8.99. The monoisotopic (exact) mass is 283 g/mol. The van der Waals surface area contributed by atoms with Gasteiger partial charge in [-0.05, 0) is 23.8 Å². The first kappa shape index (κ1) is 13.5. The predicted molar refractivity (Wildman–Crippen MR) is 67.9 cm³/mol. The van der Waals surface area contributed by atoms with Gasteiger partial charge in [-0.2, -0.15) is 13.2 Å². The van der Waals surface area contributed by atoms with Crippen LogP contribution in [0.2, 0.25) is 0 Å². The van der Waals surface area contributed by atoms with Crippen LogP contribution >= 0.6 is 11.3 Å². The van der Waals surface area contributed by atoms with Crippen molar-refractivity contribution in [2.45, 2.75) is 6.18 Å². The number of carbonyl (C=O) groups is 1. The van der Waals surface area contributed by atoms with Crippen molar-refractivity contribution in [3.8, 4) is 0 Å². The molecule has 0 unspecified atom stereocenters. The molecule has 0 saturated carbocycles. The topological polar surface area (TPSA) is 30.0 Å². The molecule has 0 amide bonds. The minimum absolute atomic E-state index is 0.314. The van der Waals surface area contributed by atoms with Crippen LogP contribution in [0.15, 0.2) is 29.6 Å². The van der Waals surface area contributed by atoms with Gasteiger partial charge in [-0.1, -0.05) is 18.2 Å². The Morgan fingerprint density at radius 2 is 2.00 bits per heavy atom. The van der Waals surface area contributed by atoms with E-state index in [2.05, 4.69) is 4.98 Å². The quantitative estimate of drug-likeness (QED) is 0.792. The van der Waals surface area contributed by atoms with Crippen LogP contribution in [-0.4, -0.2) is 11.3 Å². The van der Waals surface area contributed by atoms with Gasteiger partial charge in [0.1, 0.15) is 10.7 Å². The number of aromatic nitrogens is 1. The van der Waals surface area contributed by atoms with Crippen molar-refractivity contribution in [3.63, 3.8) is 0 Å². The van der Waals surface area contributed by atoms with Gasteiger partial charge in [0.15, 0.2) is 6.29 Å². The fourth-order valence-corrected chi connectivity index (χ4v) is 2.07. The van der Waals surface area contributed by atoms with Gasteiger partial charge in [-0.25, -0.2) is 4.98 Å². The molecule has 6 heteroatoms. The molecule has 0 aliphatic heterocycles. The number of benzene rings is 1. The zero-order chi connectivity index (χ0) is 13.9. The Balaban J connectivity index is 2.21. The molecule has 0 aliphatic carbocycles. The lowest BCUT2D eigenvalue weighted by Crippen LogP contribution is -2.04. The Morgan fingerprint density at radius 3 is 2.63 bits per heavy atom. The normalized spacial score (nSPS) is 11.9. The van der Waals surface area contributed by atoms with Crippen molar-refractivity contribution in [2.24, 2.45) is 0 Å². The number of carbonyl (C=O) groups excluding carboxylic acids is 1. The van der Waals surface area contributed by atoms with E-state index < -0.39 is 11.7 Å². The number of nitrogens with zero attached hydrogens (tertiary/aromatic N) is 1. The van der Waals surface area contributed by atoms with Crippen LogP contribution in [0, 0.1) is 0 Å². The minimum atomic E-state index is -4.35. The van der Waals surface area contributed by atoms with Crippen molar-refractivity contribution in [3.05, 3.63) is 51.5 Å². The molecule has 2 aromatic rings. The number of alkyl halides is 3. The third-order valence-electron chi connectivity index (χ3n) is 2.29. The molecule has 19 heavy (non-hydrogen) atoms. The van der Waals surface area contributed by atoms with Gasteiger partial charge in [0.2, 0.25) is 0 Å². The second-order valence-corrected chi connectivity index (χ2v) is 4.57. The van der Waals surface area contributed by atoms with Crippen LogP contribution in [0.5, 0.6) is 0 Å². The van der Waals surface area contributed by atoms with Gasteiger partial charge in [0.05, 0.1) is 5.56 Å². The van der Waals surface area contributed by atoms with E-state index in [4.69, 9.17) is 0 Å². The lowest BCUT2D eigenvalue weighted by molar-refractivity contribution is -0.137. The van der Waals surface area contributed by atoms with Crippen molar-refractivity contribution in [2.75, 3.05) is 0 Å². The largest absolute Gasteiger partial charge is 0.416 e.